The molecule has 0 spiro atoms. The lowest BCUT2D eigenvalue weighted by Crippen LogP contribution is -2.57. The number of hydrogen-bond donors (Lipinski definition) is 1. The van der Waals surface area contributed by atoms with Crippen molar-refractivity contribution in [2.45, 2.75) is 50.7 Å². The zero-order chi connectivity index (χ0) is 13.1. The molecule has 2 aliphatic carbocycles. The van der Waals surface area contributed by atoms with Gasteiger partial charge in [0.25, 0.3) is 0 Å². The molecule has 0 bridgehead atoms. The number of fused-ring (bicyclic) bond motifs is 2. The zero-order valence-electron chi connectivity index (χ0n) is 10.9. The van der Waals surface area contributed by atoms with Gasteiger partial charge < -0.3 is 9.84 Å². The first kappa shape index (κ1) is 12.0. The topological polar surface area (TPSA) is 46.5 Å². The van der Waals surface area contributed by atoms with Crippen LogP contribution in [-0.4, -0.2) is 22.8 Å². The van der Waals surface area contributed by atoms with Crippen molar-refractivity contribution in [2.24, 2.45) is 11.3 Å². The van der Waals surface area contributed by atoms with Gasteiger partial charge in [-0.15, -0.1) is 0 Å². The van der Waals surface area contributed by atoms with Gasteiger partial charge in [0.2, 0.25) is 0 Å². The highest BCUT2D eigenvalue weighted by Crippen LogP contribution is 2.58. The van der Waals surface area contributed by atoms with Crippen LogP contribution in [0.25, 0.3) is 0 Å². The van der Waals surface area contributed by atoms with E-state index in [0.29, 0.717) is 12.0 Å². The van der Waals surface area contributed by atoms with E-state index in [2.05, 4.69) is 20.1 Å². The molecular weight excluding hydrogens is 228 g/mol. The van der Waals surface area contributed by atoms with Crippen molar-refractivity contribution >= 4 is 5.97 Å². The number of carbonyl (C=O) groups excluding carboxylic acids is 1. The van der Waals surface area contributed by atoms with E-state index < -0.39 is 5.60 Å². The van der Waals surface area contributed by atoms with E-state index in [1.807, 2.05) is 0 Å². The largest absolute Gasteiger partial charge is 0.458 e. The zero-order valence-corrected chi connectivity index (χ0v) is 10.9. The third-order valence-corrected chi connectivity index (χ3v) is 5.37. The van der Waals surface area contributed by atoms with Crippen LogP contribution in [0.5, 0.6) is 0 Å². The summed E-state index contributed by atoms with van der Waals surface area (Å²) in [4.78, 5) is 11.6. The molecule has 1 N–H and O–H groups in total. The average molecular weight is 248 g/mol. The molecule has 0 amide bonds. The first-order valence-corrected chi connectivity index (χ1v) is 6.68. The molecule has 3 aliphatic rings. The van der Waals surface area contributed by atoms with Crippen LogP contribution in [0, 0.1) is 11.3 Å². The van der Waals surface area contributed by atoms with E-state index in [1.165, 1.54) is 0 Å². The fraction of sp³-hybridized carbons (Fsp3) is 0.667. The Morgan fingerprint density at radius 2 is 2.11 bits per heavy atom. The summed E-state index contributed by atoms with van der Waals surface area (Å²) in [6.45, 7) is 9.99. The predicted octanol–water partition coefficient (Wildman–Crippen LogP) is 2.36. The number of carbonyl (C=O) groups is 1. The number of rotatable bonds is 0. The molecule has 4 atom stereocenters. The van der Waals surface area contributed by atoms with Crippen LogP contribution < -0.4 is 0 Å². The quantitative estimate of drug-likeness (QED) is 0.406. The summed E-state index contributed by atoms with van der Waals surface area (Å²) in [5, 5.41) is 11.1. The van der Waals surface area contributed by atoms with Gasteiger partial charge in [-0.3, -0.25) is 0 Å². The van der Waals surface area contributed by atoms with Crippen molar-refractivity contribution in [1.29, 1.82) is 0 Å². The molecule has 1 heterocycles. The molecule has 0 radical (unpaired) electrons. The highest BCUT2D eigenvalue weighted by Gasteiger charge is 2.60. The molecule has 98 valence electrons. The summed E-state index contributed by atoms with van der Waals surface area (Å²) in [5.74, 6) is -0.327. The lowest BCUT2D eigenvalue weighted by Gasteiger charge is -2.55. The van der Waals surface area contributed by atoms with E-state index in [-0.39, 0.29) is 23.4 Å². The van der Waals surface area contributed by atoms with Crippen molar-refractivity contribution in [1.82, 2.24) is 0 Å². The summed E-state index contributed by atoms with van der Waals surface area (Å²) < 4.78 is 5.39. The van der Waals surface area contributed by atoms with Gasteiger partial charge in [0, 0.05) is 16.9 Å². The summed E-state index contributed by atoms with van der Waals surface area (Å²) >= 11 is 0. The SMILES string of the molecule is C=C1C(=O)O[C@@H]2C[C@]3(C)CCCC(=C)[C@]3(O)C[C@H]12. The van der Waals surface area contributed by atoms with Crippen LogP contribution in [0.2, 0.25) is 0 Å². The smallest absolute Gasteiger partial charge is 0.334 e. The number of esters is 1. The Bertz CT molecular complexity index is 453. The van der Waals surface area contributed by atoms with Crippen LogP contribution in [-0.2, 0) is 9.53 Å². The molecule has 0 aromatic carbocycles. The maximum absolute atomic E-state index is 11.6. The minimum absolute atomic E-state index is 0.0366. The van der Waals surface area contributed by atoms with Gasteiger partial charge in [-0.2, -0.15) is 0 Å². The molecule has 0 aromatic rings. The first-order chi connectivity index (χ1) is 8.37. The summed E-state index contributed by atoms with van der Waals surface area (Å²) in [6.07, 6.45) is 4.07. The average Bonchev–Trinajstić information content (AvgIpc) is 2.55. The molecule has 3 heteroatoms. The maximum atomic E-state index is 11.6. The fourth-order valence-electron chi connectivity index (χ4n) is 4.07. The Morgan fingerprint density at radius 3 is 2.83 bits per heavy atom. The minimum Gasteiger partial charge on any atom is -0.458 e. The fourth-order valence-corrected chi connectivity index (χ4v) is 4.07. The second kappa shape index (κ2) is 3.47. The Morgan fingerprint density at radius 1 is 1.39 bits per heavy atom. The standard InChI is InChI=1S/C15H20O3/c1-9-5-4-6-14(3)8-12-11(7-15(9,14)17)10(2)13(16)18-12/h11-12,17H,1-2,4-8H2,3H3/t11-,12-,14+,15-/m1/s1. The molecule has 18 heavy (non-hydrogen) atoms. The molecule has 0 aromatic heterocycles. The Hall–Kier alpha value is -1.09. The van der Waals surface area contributed by atoms with E-state index in [9.17, 15) is 9.90 Å². The molecule has 2 saturated carbocycles. The lowest BCUT2D eigenvalue weighted by atomic mass is 9.53. The third kappa shape index (κ3) is 1.31. The second-order valence-electron chi connectivity index (χ2n) is 6.36. The van der Waals surface area contributed by atoms with Gasteiger partial charge in [0.15, 0.2) is 0 Å². The van der Waals surface area contributed by atoms with Crippen molar-refractivity contribution in [3.63, 3.8) is 0 Å². The normalized spacial score (nSPS) is 47.6. The van der Waals surface area contributed by atoms with E-state index >= 15 is 0 Å². The molecule has 0 unspecified atom stereocenters. The van der Waals surface area contributed by atoms with Crippen LogP contribution in [0.1, 0.15) is 39.0 Å². The van der Waals surface area contributed by atoms with Gasteiger partial charge >= 0.3 is 5.97 Å². The Labute approximate surface area is 108 Å². The summed E-state index contributed by atoms with van der Waals surface area (Å²) in [5.41, 5.74) is 0.369. The van der Waals surface area contributed by atoms with Crippen molar-refractivity contribution in [3.8, 4) is 0 Å². The molecule has 3 fully saturated rings. The molecule has 1 saturated heterocycles. The maximum Gasteiger partial charge on any atom is 0.334 e. The third-order valence-electron chi connectivity index (χ3n) is 5.37. The van der Waals surface area contributed by atoms with Crippen LogP contribution in [0.4, 0.5) is 0 Å². The molecule has 3 nitrogen and oxygen atoms in total. The summed E-state index contributed by atoms with van der Waals surface area (Å²) in [6, 6.07) is 0. The van der Waals surface area contributed by atoms with Crippen molar-refractivity contribution in [3.05, 3.63) is 24.3 Å². The van der Waals surface area contributed by atoms with Crippen LogP contribution in [0.15, 0.2) is 24.3 Å². The lowest BCUT2D eigenvalue weighted by molar-refractivity contribution is -0.155. The Kier molecular flexibility index (Phi) is 2.31. The highest BCUT2D eigenvalue weighted by molar-refractivity contribution is 5.91. The van der Waals surface area contributed by atoms with E-state index in [1.54, 1.807) is 0 Å². The first-order valence-electron chi connectivity index (χ1n) is 6.68. The van der Waals surface area contributed by atoms with Gasteiger partial charge in [0.1, 0.15) is 6.10 Å². The minimum atomic E-state index is -0.858. The predicted molar refractivity (Wildman–Crippen MR) is 67.8 cm³/mol. The number of ether oxygens (including phenoxy) is 1. The van der Waals surface area contributed by atoms with Crippen molar-refractivity contribution in [2.75, 3.05) is 0 Å². The van der Waals surface area contributed by atoms with Crippen LogP contribution in [0.3, 0.4) is 0 Å². The van der Waals surface area contributed by atoms with Gasteiger partial charge in [-0.05, 0) is 37.7 Å². The molecule has 3 rings (SSSR count). The van der Waals surface area contributed by atoms with Gasteiger partial charge in [-0.1, -0.05) is 20.1 Å². The van der Waals surface area contributed by atoms with Gasteiger partial charge in [-0.25, -0.2) is 4.79 Å². The van der Waals surface area contributed by atoms with Gasteiger partial charge in [0.05, 0.1) is 5.60 Å². The van der Waals surface area contributed by atoms with Crippen LogP contribution >= 0.6 is 0 Å². The highest BCUT2D eigenvalue weighted by atomic mass is 16.6. The number of aliphatic hydroxyl groups is 1. The molecule has 1 aliphatic heterocycles. The molecular formula is C15H20O3. The number of hydrogen-bond acceptors (Lipinski definition) is 3. The Balaban J connectivity index is 2.00. The summed E-state index contributed by atoms with van der Waals surface area (Å²) in [7, 11) is 0. The monoisotopic (exact) mass is 248 g/mol. The second-order valence-corrected chi connectivity index (χ2v) is 6.36. The van der Waals surface area contributed by atoms with Crippen molar-refractivity contribution < 1.29 is 14.6 Å². The van der Waals surface area contributed by atoms with E-state index in [0.717, 1.165) is 31.3 Å². The van der Waals surface area contributed by atoms with E-state index in [4.69, 9.17) is 4.74 Å².